The Balaban J connectivity index is 0.000000681. The summed E-state index contributed by atoms with van der Waals surface area (Å²) in [4.78, 5) is -3.62. The number of hydrogen-bond donors (Lipinski definition) is 12. The van der Waals surface area contributed by atoms with Crippen molar-refractivity contribution in [1.82, 2.24) is 0 Å². The fraction of sp³-hybridized carbons (Fsp3) is 0.143. The molecule has 0 atom stereocenters. The summed E-state index contributed by atoms with van der Waals surface area (Å²) in [6.45, 7) is -1.54. The number of benzene rings is 6. The quantitative estimate of drug-likeness (QED) is 0.0244. The summed E-state index contributed by atoms with van der Waals surface area (Å²) in [5, 5.41) is 22.9. The first-order chi connectivity index (χ1) is 39.4. The van der Waals surface area contributed by atoms with Crippen molar-refractivity contribution in [2.24, 2.45) is 30.7 Å². The maximum atomic E-state index is 12.6. The van der Waals surface area contributed by atoms with Crippen LogP contribution in [0.4, 0.5) is 68.2 Å². The Labute approximate surface area is 489 Å². The number of hydrogen-bond acceptors (Lipinski definition) is 30. The predicted molar refractivity (Wildman–Crippen MR) is 303 cm³/mol. The molecular formula is C42H46N12O24S8. The minimum absolute atomic E-state index is 0.00522. The van der Waals surface area contributed by atoms with Crippen LogP contribution in [0.1, 0.15) is 11.1 Å². The number of nitrogens with zero attached hydrogens (tertiary/aromatic N) is 6. The highest BCUT2D eigenvalue weighted by Crippen LogP contribution is 2.44. The van der Waals surface area contributed by atoms with Crippen LogP contribution >= 0.6 is 0 Å². The number of sulfone groups is 2. The molecule has 0 aliphatic rings. The zero-order chi connectivity index (χ0) is 64.8. The molecule has 0 aliphatic heterocycles. The van der Waals surface area contributed by atoms with Gasteiger partial charge >= 0.3 is 20.8 Å². The van der Waals surface area contributed by atoms with Crippen molar-refractivity contribution in [3.05, 3.63) is 108 Å². The first-order valence-corrected chi connectivity index (χ1v) is 34.4. The van der Waals surface area contributed by atoms with E-state index in [1.165, 1.54) is 42.5 Å². The Bertz CT molecular complexity index is 4670. The highest BCUT2D eigenvalue weighted by molar-refractivity contribution is 7.92. The largest absolute Gasteiger partial charge is 0.399 e. The van der Waals surface area contributed by atoms with Gasteiger partial charge in [0.25, 0.3) is 40.5 Å². The number of nitrogen functional groups attached to an aromatic ring is 6. The molecule has 6 aromatic rings. The summed E-state index contributed by atoms with van der Waals surface area (Å²) >= 11 is 0. The smallest absolute Gasteiger partial charge is 0.397 e. The Morgan fingerprint density at radius 2 is 0.698 bits per heavy atom. The van der Waals surface area contributed by atoms with Crippen LogP contribution in [0.5, 0.6) is 0 Å². The lowest BCUT2D eigenvalue weighted by molar-refractivity contribution is 0.282. The van der Waals surface area contributed by atoms with Gasteiger partial charge in [0.05, 0.1) is 89.8 Å². The van der Waals surface area contributed by atoms with Crippen molar-refractivity contribution in [3.8, 4) is 0 Å². The lowest BCUT2D eigenvalue weighted by Crippen LogP contribution is -2.15. The van der Waals surface area contributed by atoms with E-state index in [2.05, 4.69) is 39.1 Å². The number of rotatable bonds is 23. The Kier molecular flexibility index (Phi) is 21.2. The monoisotopic (exact) mass is 1360 g/mol. The molecule has 0 spiro atoms. The molecule has 0 heterocycles. The summed E-state index contributed by atoms with van der Waals surface area (Å²) in [6, 6.07) is 17.6. The molecule has 0 radical (unpaired) electrons. The Hall–Kier alpha value is -7.80. The third kappa shape index (κ3) is 19.1. The molecule has 0 aliphatic carbocycles. The maximum Gasteiger partial charge on any atom is 0.397 e. The van der Waals surface area contributed by atoms with Gasteiger partial charge in [0.2, 0.25) is 0 Å². The molecule has 6 rings (SSSR count). The maximum absolute atomic E-state index is 12.6. The van der Waals surface area contributed by atoms with Crippen LogP contribution < -0.4 is 34.4 Å². The standard InChI is InChI=1S/C34H35N11O18S6.C8H11NO6S2/c35-29-23(15-27(67(54,55)56)31(37)33(29)39)43-41-20-5-3-17(25(13-20)65(48,49)50)1-2-18-4-6-21(14-26(18)66(51,52)53)42-44-24-16-28(68(57,58)59)32(38)34(30(24)36)45-40-19-7-9-22(10-8-19)64(46,47)12-11-63-69(60,61)62;9-7-1-3-8(4-2-7)16(10,11)6-5-15-17(12,13)14/h3-10,13-16H,1-2,11-12,35-39H2,(H,48,49,50)(H,51,52,53)(H,54,55,56)(H,57,58,59)(H,60,61,62);1-4H,5-6,9H2,(H,12,13,14). The van der Waals surface area contributed by atoms with Gasteiger partial charge in [0.15, 0.2) is 19.7 Å². The van der Waals surface area contributed by atoms with Crippen molar-refractivity contribution in [3.63, 3.8) is 0 Å². The predicted octanol–water partition coefficient (Wildman–Crippen LogP) is 4.07. The fourth-order valence-corrected chi connectivity index (χ4v) is 12.7. The molecule has 6 aromatic carbocycles. The molecule has 466 valence electrons. The minimum Gasteiger partial charge on any atom is -0.399 e. The van der Waals surface area contributed by atoms with E-state index < -0.39 is 165 Å². The van der Waals surface area contributed by atoms with E-state index in [4.69, 9.17) is 43.5 Å². The summed E-state index contributed by atoms with van der Waals surface area (Å²) in [6.07, 6.45) is -0.637. The van der Waals surface area contributed by atoms with Gasteiger partial charge in [-0.15, -0.1) is 15.3 Å². The number of anilines is 6. The summed E-state index contributed by atoms with van der Waals surface area (Å²) in [5.74, 6) is -1.40. The second kappa shape index (κ2) is 26.4. The van der Waals surface area contributed by atoms with Crippen molar-refractivity contribution >= 4 is 149 Å². The van der Waals surface area contributed by atoms with Gasteiger partial charge in [-0.05, 0) is 109 Å². The lowest BCUT2D eigenvalue weighted by Gasteiger charge is -2.12. The van der Waals surface area contributed by atoms with Crippen LogP contribution in [0.15, 0.2) is 157 Å². The third-order valence-electron chi connectivity index (χ3n) is 11.0. The van der Waals surface area contributed by atoms with Gasteiger partial charge in [0, 0.05) is 5.69 Å². The van der Waals surface area contributed by atoms with E-state index >= 15 is 0 Å². The molecular weight excluding hydrogens is 1310 g/mol. The average molecular weight is 1360 g/mol. The van der Waals surface area contributed by atoms with Crippen LogP contribution in [-0.2, 0) is 102 Å². The van der Waals surface area contributed by atoms with Gasteiger partial charge in [0.1, 0.15) is 26.9 Å². The Morgan fingerprint density at radius 3 is 1.08 bits per heavy atom. The number of nitrogens with two attached hydrogens (primary N) is 6. The number of azo groups is 3. The van der Waals surface area contributed by atoms with Crippen LogP contribution in [-0.4, -0.2) is 119 Å². The first kappa shape index (κ1) is 69.0. The van der Waals surface area contributed by atoms with E-state index in [-0.39, 0.29) is 56.5 Å². The van der Waals surface area contributed by atoms with E-state index in [1.54, 1.807) is 0 Å². The molecule has 18 N–H and O–H groups in total. The summed E-state index contributed by atoms with van der Waals surface area (Å²) in [7, 11) is -37.4. The third-order valence-corrected chi connectivity index (χ3v) is 19.0. The van der Waals surface area contributed by atoms with Crippen LogP contribution in [0.2, 0.25) is 0 Å². The molecule has 0 amide bonds. The normalized spacial score (nSPS) is 13.1. The highest BCUT2D eigenvalue weighted by atomic mass is 32.3. The zero-order valence-corrected chi connectivity index (χ0v) is 49.5. The fourth-order valence-electron chi connectivity index (χ4n) is 6.89. The van der Waals surface area contributed by atoms with E-state index in [0.29, 0.717) is 11.8 Å². The van der Waals surface area contributed by atoms with Crippen molar-refractivity contribution in [1.29, 1.82) is 0 Å². The Morgan fingerprint density at radius 1 is 0.349 bits per heavy atom. The highest BCUT2D eigenvalue weighted by Gasteiger charge is 2.26. The van der Waals surface area contributed by atoms with Crippen LogP contribution in [0.3, 0.4) is 0 Å². The van der Waals surface area contributed by atoms with Crippen LogP contribution in [0.25, 0.3) is 0 Å². The molecule has 0 bridgehead atoms. The number of aryl methyl sites for hydroxylation is 2. The molecule has 0 aromatic heterocycles. The van der Waals surface area contributed by atoms with Crippen molar-refractivity contribution in [2.75, 3.05) is 59.1 Å². The SMILES string of the molecule is Nc1c(N=Nc2ccc(CCc3ccc(N=Nc4cc(S(=O)(=O)O)c(N)c(N=Nc5ccc(S(=O)(=O)CCOS(=O)(=O)O)cc5)c4N)cc3S(=O)(=O)O)c(S(=O)(=O)O)c2)cc(S(=O)(=O)O)c(N)c1N.Nc1ccc(S(=O)(=O)CCOS(=O)(=O)O)cc1. The molecule has 0 saturated carbocycles. The van der Waals surface area contributed by atoms with Crippen molar-refractivity contribution < 1.29 is 103 Å². The van der Waals surface area contributed by atoms with Gasteiger partial charge in [-0.25, -0.2) is 25.2 Å². The molecule has 36 nitrogen and oxygen atoms in total. The molecule has 0 saturated heterocycles. The topological polar surface area (TPSA) is 643 Å². The van der Waals surface area contributed by atoms with E-state index in [9.17, 15) is 85.6 Å². The van der Waals surface area contributed by atoms with E-state index in [0.717, 1.165) is 48.5 Å². The average Bonchev–Trinajstić information content (AvgIpc) is 1.58. The zero-order valence-electron chi connectivity index (χ0n) is 42.9. The molecule has 0 unspecified atom stereocenters. The van der Waals surface area contributed by atoms with Gasteiger partial charge < -0.3 is 34.4 Å². The lowest BCUT2D eigenvalue weighted by atomic mass is 10.0. The van der Waals surface area contributed by atoms with Crippen LogP contribution in [0, 0.1) is 0 Å². The van der Waals surface area contributed by atoms with Crippen molar-refractivity contribution in [2.45, 2.75) is 42.2 Å². The first-order valence-electron chi connectivity index (χ1n) is 22.6. The molecule has 0 fully saturated rings. The molecule has 44 heteroatoms. The molecule has 86 heavy (non-hydrogen) atoms. The second-order valence-corrected chi connectivity index (χ2v) is 28.9. The second-order valence-electron chi connectivity index (χ2n) is 17.0. The summed E-state index contributed by atoms with van der Waals surface area (Å²) in [5.41, 5.74) is 30.2. The van der Waals surface area contributed by atoms with Gasteiger partial charge in [-0.3, -0.25) is 27.3 Å². The van der Waals surface area contributed by atoms with Gasteiger partial charge in [-0.1, -0.05) is 12.1 Å². The van der Waals surface area contributed by atoms with Gasteiger partial charge in [-0.2, -0.15) is 65.8 Å². The summed E-state index contributed by atoms with van der Waals surface area (Å²) < 4.78 is 253. The minimum atomic E-state index is -5.13. The van der Waals surface area contributed by atoms with E-state index in [1.807, 2.05) is 0 Å².